The summed E-state index contributed by atoms with van der Waals surface area (Å²) in [6, 6.07) is 9.02. The number of hydrogen-bond donors (Lipinski definition) is 2. The Balaban J connectivity index is 1.40. The molecular weight excluding hydrogens is 414 g/mol. The third-order valence-electron chi connectivity index (χ3n) is 6.42. The Morgan fingerprint density at radius 1 is 1.10 bits per heavy atom. The highest BCUT2D eigenvalue weighted by molar-refractivity contribution is 7.15. The Hall–Kier alpha value is -3.07. The molecule has 1 aromatic carbocycles. The largest absolute Gasteiger partial charge is 0.322 e. The molecule has 5 atom stereocenters. The van der Waals surface area contributed by atoms with Gasteiger partial charge in [-0.25, -0.2) is 4.79 Å². The van der Waals surface area contributed by atoms with Crippen LogP contribution in [0.25, 0.3) is 0 Å². The first-order valence-corrected chi connectivity index (χ1v) is 11.3. The quantitative estimate of drug-likeness (QED) is 0.553. The summed E-state index contributed by atoms with van der Waals surface area (Å²) in [5.74, 6) is -0.779. The van der Waals surface area contributed by atoms with Crippen LogP contribution in [0, 0.1) is 30.6 Å². The second-order valence-electron chi connectivity index (χ2n) is 8.32. The van der Waals surface area contributed by atoms with Gasteiger partial charge in [-0.2, -0.15) is 0 Å². The SMILES string of the molecule is Cc1nnc(NC(=O)N[C@H](Cc2ccccc2)N2C(=O)[C@H]3[C@H](C2=O)[C@H]2C=C[C@H]3CC2)s1. The minimum absolute atomic E-state index is 0.104. The van der Waals surface area contributed by atoms with Crippen molar-refractivity contribution in [2.75, 3.05) is 5.32 Å². The molecule has 2 bridgehead atoms. The summed E-state index contributed by atoms with van der Waals surface area (Å²) < 4.78 is 0. The molecule has 2 aromatic rings. The van der Waals surface area contributed by atoms with Crippen molar-refractivity contribution in [2.45, 2.75) is 32.4 Å². The lowest BCUT2D eigenvalue weighted by molar-refractivity contribution is -0.143. The number of carbonyl (C=O) groups is 3. The van der Waals surface area contributed by atoms with Gasteiger partial charge in [0.05, 0.1) is 11.8 Å². The van der Waals surface area contributed by atoms with Crippen LogP contribution in [-0.2, 0) is 16.0 Å². The molecule has 4 aliphatic rings. The number of aryl methyl sites for hydroxylation is 1. The standard InChI is InChI=1S/C22H23N5O3S/c1-12-25-26-22(31-12)24-21(30)23-16(11-13-5-3-2-4-6-13)27-19(28)17-14-7-8-15(10-9-14)18(17)20(27)29/h2-8,14-18H,9-11H2,1H3,(H2,23,24,26,30)/t14-,15-,16-,17+,18+/m0/s1. The first-order valence-electron chi connectivity index (χ1n) is 10.5. The van der Waals surface area contributed by atoms with E-state index in [0.717, 1.165) is 23.4 Å². The van der Waals surface area contributed by atoms with Gasteiger partial charge in [0, 0.05) is 6.42 Å². The smallest absolute Gasteiger partial charge is 0.317 e. The minimum atomic E-state index is -0.776. The zero-order valence-electron chi connectivity index (χ0n) is 17.0. The molecule has 2 fully saturated rings. The predicted molar refractivity (Wildman–Crippen MR) is 115 cm³/mol. The van der Waals surface area contributed by atoms with E-state index in [-0.39, 0.29) is 35.5 Å². The number of rotatable bonds is 5. The molecule has 6 rings (SSSR count). The first kappa shape index (κ1) is 19.9. The molecule has 0 radical (unpaired) electrons. The van der Waals surface area contributed by atoms with E-state index in [2.05, 4.69) is 33.0 Å². The van der Waals surface area contributed by atoms with E-state index in [1.807, 2.05) is 30.3 Å². The molecule has 0 unspecified atom stereocenters. The Morgan fingerprint density at radius 3 is 2.29 bits per heavy atom. The predicted octanol–water partition coefficient (Wildman–Crippen LogP) is 2.73. The average molecular weight is 438 g/mol. The van der Waals surface area contributed by atoms with Gasteiger partial charge in [-0.1, -0.05) is 53.8 Å². The van der Waals surface area contributed by atoms with E-state index in [0.29, 0.717) is 11.6 Å². The number of nitrogens with one attached hydrogen (secondary N) is 2. The van der Waals surface area contributed by atoms with Crippen LogP contribution in [0.2, 0.25) is 0 Å². The second-order valence-corrected chi connectivity index (χ2v) is 9.50. The summed E-state index contributed by atoms with van der Waals surface area (Å²) in [6.07, 6.45) is 5.61. The lowest BCUT2D eigenvalue weighted by atomic mass is 9.63. The molecule has 2 N–H and O–H groups in total. The molecule has 1 aliphatic heterocycles. The molecular formula is C22H23N5O3S. The van der Waals surface area contributed by atoms with Crippen LogP contribution in [0.4, 0.5) is 9.93 Å². The number of hydrogen-bond acceptors (Lipinski definition) is 6. The van der Waals surface area contributed by atoms with E-state index in [1.54, 1.807) is 6.92 Å². The van der Waals surface area contributed by atoms with Crippen LogP contribution in [0.15, 0.2) is 42.5 Å². The fourth-order valence-electron chi connectivity index (χ4n) is 5.08. The normalized spacial score (nSPS) is 27.3. The zero-order chi connectivity index (χ0) is 21.5. The van der Waals surface area contributed by atoms with Gasteiger partial charge in [0.2, 0.25) is 16.9 Å². The minimum Gasteiger partial charge on any atom is -0.317 e. The van der Waals surface area contributed by atoms with Gasteiger partial charge >= 0.3 is 6.03 Å². The van der Waals surface area contributed by atoms with Gasteiger partial charge in [-0.3, -0.25) is 19.8 Å². The Bertz CT molecular complexity index is 1020. The third-order valence-corrected chi connectivity index (χ3v) is 7.18. The van der Waals surface area contributed by atoms with Gasteiger partial charge in [-0.05, 0) is 37.2 Å². The van der Waals surface area contributed by atoms with Gasteiger partial charge < -0.3 is 5.32 Å². The van der Waals surface area contributed by atoms with Crippen molar-refractivity contribution in [3.05, 3.63) is 53.1 Å². The number of nitrogens with zero attached hydrogens (tertiary/aromatic N) is 3. The highest BCUT2D eigenvalue weighted by atomic mass is 32.1. The summed E-state index contributed by atoms with van der Waals surface area (Å²) in [7, 11) is 0. The average Bonchev–Trinajstić information content (AvgIpc) is 3.30. The fourth-order valence-corrected chi connectivity index (χ4v) is 5.67. The molecule has 9 heteroatoms. The summed E-state index contributed by atoms with van der Waals surface area (Å²) in [5, 5.41) is 14.4. The molecule has 1 aromatic heterocycles. The summed E-state index contributed by atoms with van der Waals surface area (Å²) in [5.41, 5.74) is 0.927. The van der Waals surface area contributed by atoms with Crippen molar-refractivity contribution >= 4 is 34.3 Å². The van der Waals surface area contributed by atoms with Crippen molar-refractivity contribution in [1.29, 1.82) is 0 Å². The second kappa shape index (κ2) is 7.88. The maximum Gasteiger partial charge on any atom is 0.322 e. The van der Waals surface area contributed by atoms with E-state index in [1.165, 1.54) is 16.2 Å². The third kappa shape index (κ3) is 3.63. The number of anilines is 1. The first-order chi connectivity index (χ1) is 15.0. The van der Waals surface area contributed by atoms with E-state index < -0.39 is 12.2 Å². The van der Waals surface area contributed by atoms with Crippen molar-refractivity contribution < 1.29 is 14.4 Å². The highest BCUT2D eigenvalue weighted by Crippen LogP contribution is 2.50. The van der Waals surface area contributed by atoms with E-state index in [9.17, 15) is 14.4 Å². The van der Waals surface area contributed by atoms with Crippen molar-refractivity contribution in [3.63, 3.8) is 0 Å². The molecule has 1 saturated carbocycles. The van der Waals surface area contributed by atoms with Crippen molar-refractivity contribution in [2.24, 2.45) is 23.7 Å². The van der Waals surface area contributed by atoms with Crippen LogP contribution in [0.3, 0.4) is 0 Å². The van der Waals surface area contributed by atoms with Crippen molar-refractivity contribution in [1.82, 2.24) is 20.4 Å². The Morgan fingerprint density at radius 2 is 1.74 bits per heavy atom. The van der Waals surface area contributed by atoms with Crippen LogP contribution >= 0.6 is 11.3 Å². The van der Waals surface area contributed by atoms with Crippen LogP contribution in [-0.4, -0.2) is 39.1 Å². The number of aromatic nitrogens is 2. The van der Waals surface area contributed by atoms with Gasteiger partial charge in [0.25, 0.3) is 0 Å². The maximum absolute atomic E-state index is 13.4. The molecule has 4 amide bonds. The summed E-state index contributed by atoms with van der Waals surface area (Å²) in [6.45, 7) is 1.80. The molecule has 0 spiro atoms. The number of amides is 4. The molecule has 3 aliphatic carbocycles. The lowest BCUT2D eigenvalue weighted by Gasteiger charge is -2.38. The molecule has 31 heavy (non-hydrogen) atoms. The number of allylic oxidation sites excluding steroid dienone is 2. The topological polar surface area (TPSA) is 104 Å². The number of likely N-dealkylation sites (tertiary alicyclic amines) is 1. The molecule has 2 heterocycles. The monoisotopic (exact) mass is 437 g/mol. The van der Waals surface area contributed by atoms with E-state index in [4.69, 9.17) is 0 Å². The van der Waals surface area contributed by atoms with E-state index >= 15 is 0 Å². The Kier molecular flexibility index (Phi) is 5.05. The summed E-state index contributed by atoms with van der Waals surface area (Å²) in [4.78, 5) is 40.8. The number of benzene rings is 1. The number of urea groups is 1. The Labute approximate surface area is 183 Å². The van der Waals surface area contributed by atoms with Crippen LogP contribution in [0.1, 0.15) is 23.4 Å². The fraction of sp³-hybridized carbons (Fsp3) is 0.409. The number of imide groups is 1. The number of carbonyl (C=O) groups excluding carboxylic acids is 3. The van der Waals surface area contributed by atoms with Gasteiger partial charge in [-0.15, -0.1) is 10.2 Å². The van der Waals surface area contributed by atoms with Gasteiger partial charge in [0.15, 0.2) is 0 Å². The maximum atomic E-state index is 13.4. The zero-order valence-corrected chi connectivity index (χ0v) is 17.8. The van der Waals surface area contributed by atoms with Crippen LogP contribution in [0.5, 0.6) is 0 Å². The lowest BCUT2D eigenvalue weighted by Crippen LogP contribution is -2.53. The molecule has 1 saturated heterocycles. The highest BCUT2D eigenvalue weighted by Gasteiger charge is 2.58. The molecule has 8 nitrogen and oxygen atoms in total. The van der Waals surface area contributed by atoms with Gasteiger partial charge in [0.1, 0.15) is 11.2 Å². The number of fused-ring (bicyclic) bond motifs is 1. The summed E-state index contributed by atoms with van der Waals surface area (Å²) >= 11 is 1.26. The van der Waals surface area contributed by atoms with Crippen LogP contribution < -0.4 is 10.6 Å². The van der Waals surface area contributed by atoms with Crippen molar-refractivity contribution in [3.8, 4) is 0 Å². The molecule has 160 valence electrons.